The van der Waals surface area contributed by atoms with Gasteiger partial charge in [0.25, 0.3) is 5.89 Å². The van der Waals surface area contributed by atoms with Gasteiger partial charge in [0.1, 0.15) is 11.6 Å². The molecule has 2 aromatic rings. The van der Waals surface area contributed by atoms with E-state index in [-0.39, 0.29) is 24.4 Å². The highest BCUT2D eigenvalue weighted by atomic mass is 19.1. The van der Waals surface area contributed by atoms with Gasteiger partial charge < -0.3 is 14.6 Å². The fourth-order valence-corrected chi connectivity index (χ4v) is 1.81. The van der Waals surface area contributed by atoms with Crippen LogP contribution in [0.3, 0.4) is 0 Å². The smallest absolute Gasteiger partial charge is 0.264 e. The maximum Gasteiger partial charge on any atom is 0.264 e. The molecular formula is C15H20FN3O2. The predicted molar refractivity (Wildman–Crippen MR) is 76.6 cm³/mol. The number of nitrogens with zero attached hydrogens (tertiary/aromatic N) is 2. The number of nitrogens with one attached hydrogen (secondary N) is 1. The van der Waals surface area contributed by atoms with Crippen molar-refractivity contribution in [1.29, 1.82) is 0 Å². The van der Waals surface area contributed by atoms with E-state index in [1.165, 1.54) is 6.07 Å². The lowest BCUT2D eigenvalue weighted by molar-refractivity contribution is 0.241. The van der Waals surface area contributed by atoms with E-state index in [0.717, 1.165) is 0 Å². The van der Waals surface area contributed by atoms with Crippen LogP contribution < -0.4 is 10.1 Å². The highest BCUT2D eigenvalue weighted by Gasteiger charge is 2.12. The van der Waals surface area contributed by atoms with Crippen LogP contribution in [0.1, 0.15) is 50.0 Å². The molecule has 1 heterocycles. The summed E-state index contributed by atoms with van der Waals surface area (Å²) in [5.74, 6) is 1.35. The average Bonchev–Trinajstić information content (AvgIpc) is 2.93. The third-order valence-corrected chi connectivity index (χ3v) is 3.23. The third kappa shape index (κ3) is 3.78. The maximum absolute atomic E-state index is 14.0. The minimum absolute atomic E-state index is 0.0522. The molecule has 21 heavy (non-hydrogen) atoms. The Morgan fingerprint density at radius 2 is 2.10 bits per heavy atom. The Balaban J connectivity index is 2.01. The molecule has 0 fully saturated rings. The second-order valence-corrected chi connectivity index (χ2v) is 5.18. The molecule has 5 nitrogen and oxygen atoms in total. The van der Waals surface area contributed by atoms with Gasteiger partial charge in [-0.2, -0.15) is 4.98 Å². The van der Waals surface area contributed by atoms with Crippen molar-refractivity contribution in [1.82, 2.24) is 15.5 Å². The van der Waals surface area contributed by atoms with Crippen LogP contribution in [0.15, 0.2) is 22.7 Å². The number of benzene rings is 1. The molecular weight excluding hydrogens is 273 g/mol. The van der Waals surface area contributed by atoms with Gasteiger partial charge in [-0.25, -0.2) is 4.39 Å². The standard InChI is InChI=1S/C15H20FN3O2/c1-9(2)15-18-14(21-19-15)8-20-11-5-6-12(10(3)17-4)13(16)7-11/h5-7,9-10,17H,8H2,1-4H3. The van der Waals surface area contributed by atoms with Crippen molar-refractivity contribution in [3.05, 3.63) is 41.3 Å². The Hall–Kier alpha value is -1.95. The average molecular weight is 293 g/mol. The largest absolute Gasteiger partial charge is 0.484 e. The number of aromatic nitrogens is 2. The van der Waals surface area contributed by atoms with E-state index in [1.54, 1.807) is 19.2 Å². The normalized spacial score (nSPS) is 12.7. The number of halogens is 1. The summed E-state index contributed by atoms with van der Waals surface area (Å²) in [5, 5.41) is 6.84. The predicted octanol–water partition coefficient (Wildman–Crippen LogP) is 3.19. The molecule has 1 unspecified atom stereocenters. The molecule has 0 saturated heterocycles. The molecule has 0 radical (unpaired) electrons. The summed E-state index contributed by atoms with van der Waals surface area (Å²) in [7, 11) is 1.79. The molecule has 0 aliphatic heterocycles. The molecule has 0 saturated carbocycles. The van der Waals surface area contributed by atoms with Crippen LogP contribution in [0.25, 0.3) is 0 Å². The summed E-state index contributed by atoms with van der Waals surface area (Å²) in [6.07, 6.45) is 0. The van der Waals surface area contributed by atoms with Gasteiger partial charge in [0.05, 0.1) is 0 Å². The van der Waals surface area contributed by atoms with Gasteiger partial charge in [0, 0.05) is 23.6 Å². The molecule has 0 aliphatic rings. The van der Waals surface area contributed by atoms with Crippen molar-refractivity contribution in [2.75, 3.05) is 7.05 Å². The molecule has 2 rings (SSSR count). The first kappa shape index (κ1) is 15.4. The SMILES string of the molecule is CNC(C)c1ccc(OCc2nc(C(C)C)no2)cc1F. The van der Waals surface area contributed by atoms with Gasteiger partial charge in [0.15, 0.2) is 12.4 Å². The highest BCUT2D eigenvalue weighted by Crippen LogP contribution is 2.22. The van der Waals surface area contributed by atoms with Crippen LogP contribution in [0.4, 0.5) is 4.39 Å². The van der Waals surface area contributed by atoms with Gasteiger partial charge in [0.2, 0.25) is 0 Å². The van der Waals surface area contributed by atoms with E-state index in [0.29, 0.717) is 23.0 Å². The minimum Gasteiger partial charge on any atom is -0.484 e. The molecule has 114 valence electrons. The molecule has 1 N–H and O–H groups in total. The van der Waals surface area contributed by atoms with Gasteiger partial charge in [-0.05, 0) is 20.0 Å². The zero-order valence-electron chi connectivity index (χ0n) is 12.7. The number of rotatable bonds is 6. The first-order chi connectivity index (χ1) is 10.0. The highest BCUT2D eigenvalue weighted by molar-refractivity contribution is 5.30. The first-order valence-electron chi connectivity index (χ1n) is 6.93. The quantitative estimate of drug-likeness (QED) is 0.886. The lowest BCUT2D eigenvalue weighted by Crippen LogP contribution is -2.13. The van der Waals surface area contributed by atoms with Crippen LogP contribution in [-0.4, -0.2) is 17.2 Å². The molecule has 0 bridgehead atoms. The van der Waals surface area contributed by atoms with Crippen LogP contribution in [0.5, 0.6) is 5.75 Å². The van der Waals surface area contributed by atoms with Gasteiger partial charge >= 0.3 is 0 Å². The van der Waals surface area contributed by atoms with Crippen molar-refractivity contribution in [3.63, 3.8) is 0 Å². The maximum atomic E-state index is 14.0. The topological polar surface area (TPSA) is 60.2 Å². The van der Waals surface area contributed by atoms with Crippen molar-refractivity contribution in [2.45, 2.75) is 39.3 Å². The van der Waals surface area contributed by atoms with Gasteiger partial charge in [-0.15, -0.1) is 0 Å². The van der Waals surface area contributed by atoms with Gasteiger partial charge in [-0.3, -0.25) is 0 Å². The van der Waals surface area contributed by atoms with Crippen molar-refractivity contribution < 1.29 is 13.7 Å². The molecule has 0 aliphatic carbocycles. The van der Waals surface area contributed by atoms with Gasteiger partial charge in [-0.1, -0.05) is 25.1 Å². The lowest BCUT2D eigenvalue weighted by atomic mass is 10.1. The molecule has 1 atom stereocenters. The Morgan fingerprint density at radius 1 is 1.33 bits per heavy atom. The van der Waals surface area contributed by atoms with Crippen LogP contribution in [-0.2, 0) is 6.61 Å². The third-order valence-electron chi connectivity index (χ3n) is 3.23. The van der Waals surface area contributed by atoms with Crippen molar-refractivity contribution >= 4 is 0 Å². The molecule has 0 amide bonds. The molecule has 1 aromatic carbocycles. The van der Waals surface area contributed by atoms with Crippen molar-refractivity contribution in [3.8, 4) is 5.75 Å². The Kier molecular flexibility index (Phi) is 4.90. The van der Waals surface area contributed by atoms with Crippen LogP contribution in [0, 0.1) is 5.82 Å². The lowest BCUT2D eigenvalue weighted by Gasteiger charge is -2.12. The molecule has 1 aromatic heterocycles. The summed E-state index contributed by atoms with van der Waals surface area (Å²) in [6.45, 7) is 5.98. The summed E-state index contributed by atoms with van der Waals surface area (Å²) < 4.78 is 24.5. The second-order valence-electron chi connectivity index (χ2n) is 5.18. The van der Waals surface area contributed by atoms with E-state index in [4.69, 9.17) is 9.26 Å². The van der Waals surface area contributed by atoms with E-state index in [1.807, 2.05) is 20.8 Å². The number of ether oxygens (including phenoxy) is 1. The summed E-state index contributed by atoms with van der Waals surface area (Å²) in [5.41, 5.74) is 0.602. The Bertz CT molecular complexity index is 598. The van der Waals surface area contributed by atoms with E-state index in [2.05, 4.69) is 15.5 Å². The monoisotopic (exact) mass is 293 g/mol. The van der Waals surface area contributed by atoms with E-state index < -0.39 is 0 Å². The summed E-state index contributed by atoms with van der Waals surface area (Å²) in [4.78, 5) is 4.20. The van der Waals surface area contributed by atoms with Crippen molar-refractivity contribution in [2.24, 2.45) is 0 Å². The zero-order chi connectivity index (χ0) is 15.4. The number of hydrogen-bond acceptors (Lipinski definition) is 5. The Labute approximate surface area is 123 Å². The fraction of sp³-hybridized carbons (Fsp3) is 0.467. The fourth-order valence-electron chi connectivity index (χ4n) is 1.81. The number of hydrogen-bond donors (Lipinski definition) is 1. The molecule has 0 spiro atoms. The Morgan fingerprint density at radius 3 is 2.67 bits per heavy atom. The summed E-state index contributed by atoms with van der Waals surface area (Å²) in [6, 6.07) is 4.75. The van der Waals surface area contributed by atoms with Crippen LogP contribution >= 0.6 is 0 Å². The zero-order valence-corrected chi connectivity index (χ0v) is 12.7. The second kappa shape index (κ2) is 6.67. The first-order valence-corrected chi connectivity index (χ1v) is 6.93. The minimum atomic E-state index is -0.303. The van der Waals surface area contributed by atoms with Crippen LogP contribution in [0.2, 0.25) is 0 Å². The molecule has 6 heteroatoms. The van der Waals surface area contributed by atoms with E-state index >= 15 is 0 Å². The summed E-state index contributed by atoms with van der Waals surface area (Å²) >= 11 is 0. The van der Waals surface area contributed by atoms with E-state index in [9.17, 15) is 4.39 Å².